The molecule has 0 aromatic carbocycles. The van der Waals surface area contributed by atoms with Crippen LogP contribution < -0.4 is 5.32 Å². The molecule has 4 nitrogen and oxygen atoms in total. The lowest BCUT2D eigenvalue weighted by Gasteiger charge is -2.37. The largest absolute Gasteiger partial charge is 0.381 e. The van der Waals surface area contributed by atoms with Crippen molar-refractivity contribution in [3.8, 4) is 0 Å². The van der Waals surface area contributed by atoms with Gasteiger partial charge in [-0.05, 0) is 24.3 Å². The van der Waals surface area contributed by atoms with E-state index in [0.717, 1.165) is 18.7 Å². The van der Waals surface area contributed by atoms with Crippen molar-refractivity contribution in [3.63, 3.8) is 0 Å². The van der Waals surface area contributed by atoms with Crippen LogP contribution in [-0.2, 0) is 11.8 Å². The third kappa shape index (κ3) is 2.59. The second kappa shape index (κ2) is 5.45. The van der Waals surface area contributed by atoms with Crippen LogP contribution in [0, 0.1) is 0 Å². The van der Waals surface area contributed by atoms with Gasteiger partial charge in [-0.1, -0.05) is 6.07 Å². The molecule has 1 atom stereocenters. The van der Waals surface area contributed by atoms with E-state index < -0.39 is 0 Å². The number of methoxy groups -OCH3 is 1. The number of ether oxygens (including phenoxy) is 1. The van der Waals surface area contributed by atoms with Crippen LogP contribution in [0.2, 0.25) is 0 Å². The van der Waals surface area contributed by atoms with Gasteiger partial charge in [0.2, 0.25) is 0 Å². The molecule has 2 heterocycles. The second-order valence-corrected chi connectivity index (χ2v) is 6.02. The number of aryl methyl sites for hydroxylation is 1. The number of nitrogens with one attached hydrogen (secondary N) is 1. The zero-order valence-corrected chi connectivity index (χ0v) is 12.1. The van der Waals surface area contributed by atoms with Crippen molar-refractivity contribution in [3.05, 3.63) is 40.6 Å². The topological polar surface area (TPSA) is 39.1 Å². The molecule has 2 aromatic rings. The van der Waals surface area contributed by atoms with E-state index in [2.05, 4.69) is 32.4 Å². The lowest BCUT2D eigenvalue weighted by Crippen LogP contribution is -2.46. The summed E-state index contributed by atoms with van der Waals surface area (Å²) >= 11 is 1.77. The van der Waals surface area contributed by atoms with Gasteiger partial charge in [-0.2, -0.15) is 0 Å². The van der Waals surface area contributed by atoms with Gasteiger partial charge in [-0.15, -0.1) is 11.3 Å². The number of aromatic nitrogens is 2. The molecule has 0 amide bonds. The highest BCUT2D eigenvalue weighted by atomic mass is 32.1. The molecule has 1 N–H and O–H groups in total. The average molecular weight is 277 g/mol. The molecule has 3 rings (SSSR count). The molecule has 1 unspecified atom stereocenters. The van der Waals surface area contributed by atoms with Crippen LogP contribution in [-0.4, -0.2) is 28.8 Å². The number of imidazole rings is 1. The number of nitrogens with zero attached hydrogens (tertiary/aromatic N) is 2. The Morgan fingerprint density at radius 2 is 2.37 bits per heavy atom. The second-order valence-electron chi connectivity index (χ2n) is 5.04. The molecule has 1 aliphatic rings. The van der Waals surface area contributed by atoms with Gasteiger partial charge < -0.3 is 14.6 Å². The van der Waals surface area contributed by atoms with Gasteiger partial charge in [0.25, 0.3) is 0 Å². The quantitative estimate of drug-likeness (QED) is 0.912. The highest BCUT2D eigenvalue weighted by molar-refractivity contribution is 7.10. The van der Waals surface area contributed by atoms with Crippen molar-refractivity contribution in [2.75, 3.05) is 7.11 Å². The van der Waals surface area contributed by atoms with E-state index in [-0.39, 0.29) is 6.04 Å². The summed E-state index contributed by atoms with van der Waals surface area (Å²) < 4.78 is 7.43. The van der Waals surface area contributed by atoms with Gasteiger partial charge in [0.05, 0.1) is 6.10 Å². The molecule has 102 valence electrons. The number of thiophene rings is 1. The van der Waals surface area contributed by atoms with E-state index in [1.807, 2.05) is 19.4 Å². The summed E-state index contributed by atoms with van der Waals surface area (Å²) in [5.41, 5.74) is 0. The summed E-state index contributed by atoms with van der Waals surface area (Å²) in [5.74, 6) is 1.07. The predicted molar refractivity (Wildman–Crippen MR) is 76.3 cm³/mol. The monoisotopic (exact) mass is 277 g/mol. The maximum absolute atomic E-state index is 5.34. The first-order valence-electron chi connectivity index (χ1n) is 6.57. The van der Waals surface area contributed by atoms with Gasteiger partial charge in [0.1, 0.15) is 11.9 Å². The highest BCUT2D eigenvalue weighted by Gasteiger charge is 2.32. The van der Waals surface area contributed by atoms with Gasteiger partial charge in [-0.25, -0.2) is 4.98 Å². The number of hydrogen-bond acceptors (Lipinski definition) is 4. The minimum Gasteiger partial charge on any atom is -0.381 e. The Kier molecular flexibility index (Phi) is 3.68. The summed E-state index contributed by atoms with van der Waals surface area (Å²) in [4.78, 5) is 5.81. The predicted octanol–water partition coefficient (Wildman–Crippen LogP) is 2.34. The minimum absolute atomic E-state index is 0.183. The van der Waals surface area contributed by atoms with Crippen LogP contribution in [0.3, 0.4) is 0 Å². The summed E-state index contributed by atoms with van der Waals surface area (Å²) in [6.45, 7) is 0. The third-order valence-corrected chi connectivity index (χ3v) is 4.71. The molecule has 0 saturated heterocycles. The maximum Gasteiger partial charge on any atom is 0.131 e. The number of rotatable bonds is 5. The van der Waals surface area contributed by atoms with Crippen molar-refractivity contribution >= 4 is 11.3 Å². The lowest BCUT2D eigenvalue weighted by molar-refractivity contribution is 0.0151. The summed E-state index contributed by atoms with van der Waals surface area (Å²) in [6, 6.07) is 4.97. The van der Waals surface area contributed by atoms with Crippen molar-refractivity contribution in [1.82, 2.24) is 14.9 Å². The maximum atomic E-state index is 5.34. The van der Waals surface area contributed by atoms with Crippen LogP contribution in [0.5, 0.6) is 0 Å². The SMILES string of the molecule is COC1CC(NC(c2cccs2)c2nccn2C)C1. The van der Waals surface area contributed by atoms with E-state index >= 15 is 0 Å². The van der Waals surface area contributed by atoms with Crippen LogP contribution in [0.25, 0.3) is 0 Å². The fourth-order valence-electron chi connectivity index (χ4n) is 2.52. The Morgan fingerprint density at radius 3 is 2.95 bits per heavy atom. The Hall–Kier alpha value is -1.17. The summed E-state index contributed by atoms with van der Waals surface area (Å²) in [6.07, 6.45) is 6.45. The Labute approximate surface area is 117 Å². The zero-order chi connectivity index (χ0) is 13.2. The summed E-state index contributed by atoms with van der Waals surface area (Å²) in [7, 11) is 3.83. The van der Waals surface area contributed by atoms with Gasteiger partial charge in [0, 0.05) is 37.5 Å². The van der Waals surface area contributed by atoms with Crippen molar-refractivity contribution < 1.29 is 4.74 Å². The fraction of sp³-hybridized carbons (Fsp3) is 0.500. The van der Waals surface area contributed by atoms with E-state index in [1.54, 1.807) is 18.4 Å². The molecule has 0 radical (unpaired) electrons. The zero-order valence-electron chi connectivity index (χ0n) is 11.2. The van der Waals surface area contributed by atoms with Gasteiger partial charge in [-0.3, -0.25) is 0 Å². The first kappa shape index (κ1) is 12.8. The molecule has 1 fully saturated rings. The molecular formula is C14H19N3OS. The van der Waals surface area contributed by atoms with E-state index in [0.29, 0.717) is 12.1 Å². The molecule has 5 heteroatoms. The van der Waals surface area contributed by atoms with E-state index in [9.17, 15) is 0 Å². The average Bonchev–Trinajstić information content (AvgIpc) is 3.00. The molecule has 0 spiro atoms. The molecule has 1 aliphatic carbocycles. The van der Waals surface area contributed by atoms with Crippen molar-refractivity contribution in [2.24, 2.45) is 7.05 Å². The highest BCUT2D eigenvalue weighted by Crippen LogP contribution is 2.30. The Balaban J connectivity index is 1.77. The Morgan fingerprint density at radius 1 is 1.53 bits per heavy atom. The molecule has 19 heavy (non-hydrogen) atoms. The first-order valence-corrected chi connectivity index (χ1v) is 7.45. The smallest absolute Gasteiger partial charge is 0.131 e. The standard InChI is InChI=1S/C14H19N3OS/c1-17-6-5-15-14(17)13(12-4-3-7-19-12)16-10-8-11(9-10)18-2/h3-7,10-11,13,16H,8-9H2,1-2H3. The molecule has 1 saturated carbocycles. The van der Waals surface area contributed by atoms with E-state index in [4.69, 9.17) is 4.74 Å². The van der Waals surface area contributed by atoms with Gasteiger partial charge in [0.15, 0.2) is 0 Å². The van der Waals surface area contributed by atoms with Crippen LogP contribution >= 0.6 is 11.3 Å². The molecular weight excluding hydrogens is 258 g/mol. The minimum atomic E-state index is 0.183. The fourth-order valence-corrected chi connectivity index (χ4v) is 3.31. The number of hydrogen-bond donors (Lipinski definition) is 1. The van der Waals surface area contributed by atoms with E-state index in [1.165, 1.54) is 4.88 Å². The Bertz CT molecular complexity index is 517. The molecule has 2 aromatic heterocycles. The van der Waals surface area contributed by atoms with Crippen LogP contribution in [0.4, 0.5) is 0 Å². The lowest BCUT2D eigenvalue weighted by atomic mass is 9.88. The van der Waals surface area contributed by atoms with Gasteiger partial charge >= 0.3 is 0 Å². The van der Waals surface area contributed by atoms with Crippen molar-refractivity contribution in [2.45, 2.75) is 31.0 Å². The summed E-state index contributed by atoms with van der Waals surface area (Å²) in [5, 5.41) is 5.83. The van der Waals surface area contributed by atoms with Crippen LogP contribution in [0.1, 0.15) is 29.6 Å². The normalized spacial score (nSPS) is 24.1. The third-order valence-electron chi connectivity index (χ3n) is 3.77. The first-order chi connectivity index (χ1) is 9.28. The van der Waals surface area contributed by atoms with Crippen molar-refractivity contribution in [1.29, 1.82) is 0 Å². The van der Waals surface area contributed by atoms with Crippen LogP contribution in [0.15, 0.2) is 29.9 Å². The molecule has 0 bridgehead atoms. The molecule has 0 aliphatic heterocycles.